The molecule has 0 unspecified atom stereocenters. The lowest BCUT2D eigenvalue weighted by molar-refractivity contribution is 0.101. The Morgan fingerprint density at radius 3 is 2.71 bits per heavy atom. The first-order valence-electron chi connectivity index (χ1n) is 11.1. The van der Waals surface area contributed by atoms with Crippen LogP contribution in [-0.2, 0) is 20.0 Å². The van der Waals surface area contributed by atoms with Gasteiger partial charge in [0.1, 0.15) is 17.8 Å². The summed E-state index contributed by atoms with van der Waals surface area (Å²) in [7, 11) is -4.09. The van der Waals surface area contributed by atoms with Gasteiger partial charge in [0, 0.05) is 24.4 Å². The molecular weight excluding hydrogens is 472 g/mol. The summed E-state index contributed by atoms with van der Waals surface area (Å²) < 4.78 is 28.5. The molecule has 12 heteroatoms. The number of aromatic nitrogens is 4. The maximum atomic E-state index is 13.3. The highest BCUT2D eigenvalue weighted by atomic mass is 32.2. The van der Waals surface area contributed by atoms with Crippen LogP contribution in [0.4, 0.5) is 5.82 Å². The van der Waals surface area contributed by atoms with Gasteiger partial charge in [-0.2, -0.15) is 13.5 Å². The average molecular weight is 501 g/mol. The minimum Gasteiger partial charge on any atom is -0.393 e. The number of benzene rings is 1. The third-order valence-corrected chi connectivity index (χ3v) is 6.74. The van der Waals surface area contributed by atoms with E-state index in [4.69, 9.17) is 5.14 Å². The van der Waals surface area contributed by atoms with Gasteiger partial charge >= 0.3 is 10.3 Å². The van der Waals surface area contributed by atoms with E-state index in [0.717, 1.165) is 5.56 Å². The van der Waals surface area contributed by atoms with Gasteiger partial charge in [-0.15, -0.1) is 0 Å². The number of rotatable bonds is 9. The molecule has 1 saturated carbocycles. The fourth-order valence-electron chi connectivity index (χ4n) is 4.26. The van der Waals surface area contributed by atoms with Gasteiger partial charge in [0.05, 0.1) is 23.8 Å². The van der Waals surface area contributed by atoms with Gasteiger partial charge in [-0.1, -0.05) is 30.3 Å². The van der Waals surface area contributed by atoms with Crippen molar-refractivity contribution in [1.29, 1.82) is 0 Å². The standard InChI is InChI=1S/C23H28N6O5S/c1-23(2,16-6-4-3-5-7-16)29-9-8-19(28-29)21(31)18-12-25-14-26-22(18)27-17-10-15(20(30)11-17)13-34-35(24,32)33/h3-9,12,14-15,17,20,30H,10-11,13H2,1-2H3,(H2,24,32,33)(H,25,26,27)/t15-,17-,20+/m1/s1. The predicted molar refractivity (Wildman–Crippen MR) is 128 cm³/mol. The van der Waals surface area contributed by atoms with Crippen LogP contribution < -0.4 is 10.5 Å². The van der Waals surface area contributed by atoms with E-state index in [1.165, 1.54) is 12.5 Å². The van der Waals surface area contributed by atoms with Crippen molar-refractivity contribution in [2.45, 2.75) is 44.4 Å². The van der Waals surface area contributed by atoms with E-state index >= 15 is 0 Å². The third-order valence-electron chi connectivity index (χ3n) is 6.28. The Balaban J connectivity index is 1.50. The number of hydrogen-bond donors (Lipinski definition) is 3. The van der Waals surface area contributed by atoms with Crippen molar-refractivity contribution in [2.75, 3.05) is 11.9 Å². The van der Waals surface area contributed by atoms with Gasteiger partial charge in [-0.25, -0.2) is 15.1 Å². The molecule has 1 aliphatic carbocycles. The summed E-state index contributed by atoms with van der Waals surface area (Å²) in [5.41, 5.74) is 1.07. The first-order chi connectivity index (χ1) is 16.5. The zero-order chi connectivity index (χ0) is 25.2. The molecule has 2 aromatic heterocycles. The van der Waals surface area contributed by atoms with Crippen LogP contribution in [-0.4, -0.2) is 57.8 Å². The van der Waals surface area contributed by atoms with Crippen LogP contribution in [0, 0.1) is 5.92 Å². The Kier molecular flexibility index (Phi) is 6.99. The quantitative estimate of drug-likeness (QED) is 0.369. The van der Waals surface area contributed by atoms with Crippen molar-refractivity contribution in [3.8, 4) is 0 Å². The van der Waals surface area contributed by atoms with Crippen LogP contribution in [0.5, 0.6) is 0 Å². The molecule has 0 spiro atoms. The zero-order valence-corrected chi connectivity index (χ0v) is 20.2. The van der Waals surface area contributed by atoms with Crippen LogP contribution in [0.15, 0.2) is 55.1 Å². The molecule has 186 valence electrons. The number of nitrogens with two attached hydrogens (primary N) is 1. The van der Waals surface area contributed by atoms with Crippen molar-refractivity contribution in [1.82, 2.24) is 19.7 Å². The fourth-order valence-corrected chi connectivity index (χ4v) is 4.62. The number of nitrogens with zero attached hydrogens (tertiary/aromatic N) is 4. The van der Waals surface area contributed by atoms with E-state index < -0.39 is 27.9 Å². The van der Waals surface area contributed by atoms with Crippen molar-refractivity contribution in [3.05, 3.63) is 71.9 Å². The maximum absolute atomic E-state index is 13.3. The second kappa shape index (κ2) is 9.82. The Hall–Kier alpha value is -3.19. The number of anilines is 1. The summed E-state index contributed by atoms with van der Waals surface area (Å²) in [5.74, 6) is -0.460. The van der Waals surface area contributed by atoms with E-state index in [1.54, 1.807) is 16.9 Å². The van der Waals surface area contributed by atoms with E-state index in [9.17, 15) is 18.3 Å². The van der Waals surface area contributed by atoms with Gasteiger partial charge in [0.2, 0.25) is 5.78 Å². The molecule has 4 N–H and O–H groups in total. The van der Waals surface area contributed by atoms with Crippen LogP contribution in [0.1, 0.15) is 48.3 Å². The fraction of sp³-hybridized carbons (Fsp3) is 0.391. The van der Waals surface area contributed by atoms with Crippen molar-refractivity contribution in [3.63, 3.8) is 0 Å². The summed E-state index contributed by atoms with van der Waals surface area (Å²) in [5, 5.41) is 22.9. The lowest BCUT2D eigenvalue weighted by Gasteiger charge is -2.26. The number of carbonyl (C=O) groups is 1. The highest BCUT2D eigenvalue weighted by Gasteiger charge is 2.35. The highest BCUT2D eigenvalue weighted by molar-refractivity contribution is 7.84. The third kappa shape index (κ3) is 5.73. The molecule has 1 aliphatic rings. The van der Waals surface area contributed by atoms with Crippen molar-refractivity contribution < 1.29 is 22.5 Å². The molecule has 0 radical (unpaired) electrons. The average Bonchev–Trinajstić information content (AvgIpc) is 3.45. The van der Waals surface area contributed by atoms with E-state index in [1.807, 2.05) is 44.2 Å². The van der Waals surface area contributed by atoms with Gasteiger partial charge in [-0.05, 0) is 38.3 Å². The molecule has 3 aromatic rings. The molecule has 1 aromatic carbocycles. The van der Waals surface area contributed by atoms with Crippen LogP contribution in [0.3, 0.4) is 0 Å². The molecule has 11 nitrogen and oxygen atoms in total. The SMILES string of the molecule is CC(C)(c1ccccc1)n1ccc(C(=O)c2cncnc2N[C@@H]2C[C@H](COS(N)(=O)=O)[C@@H](O)C2)n1. The first-order valence-corrected chi connectivity index (χ1v) is 12.6. The van der Waals surface area contributed by atoms with Crippen LogP contribution >= 0.6 is 0 Å². The molecule has 0 saturated heterocycles. The minimum absolute atomic E-state index is 0.220. The van der Waals surface area contributed by atoms with Crippen LogP contribution in [0.25, 0.3) is 0 Å². The lowest BCUT2D eigenvalue weighted by atomic mass is 9.95. The number of carbonyl (C=O) groups excluding carboxylic acids is 1. The Labute approximate surface area is 203 Å². The molecule has 0 aliphatic heterocycles. The zero-order valence-electron chi connectivity index (χ0n) is 19.4. The highest BCUT2D eigenvalue weighted by Crippen LogP contribution is 2.30. The summed E-state index contributed by atoms with van der Waals surface area (Å²) in [6.45, 7) is 3.82. The van der Waals surface area contributed by atoms with E-state index in [2.05, 4.69) is 24.6 Å². The molecule has 3 atom stereocenters. The Bertz CT molecular complexity index is 1290. The maximum Gasteiger partial charge on any atom is 0.333 e. The van der Waals surface area contributed by atoms with Crippen LogP contribution in [0.2, 0.25) is 0 Å². The summed E-state index contributed by atoms with van der Waals surface area (Å²) >= 11 is 0. The molecular formula is C23H28N6O5S. The number of nitrogens with one attached hydrogen (secondary N) is 1. The van der Waals surface area contributed by atoms with E-state index in [-0.39, 0.29) is 29.7 Å². The minimum atomic E-state index is -4.09. The smallest absolute Gasteiger partial charge is 0.333 e. The summed E-state index contributed by atoms with van der Waals surface area (Å²) in [4.78, 5) is 21.5. The summed E-state index contributed by atoms with van der Waals surface area (Å²) in [6.07, 6.45) is 4.46. The second-order valence-electron chi connectivity index (χ2n) is 9.10. The number of aliphatic hydroxyl groups excluding tert-OH is 1. The second-order valence-corrected chi connectivity index (χ2v) is 10.3. The largest absolute Gasteiger partial charge is 0.393 e. The van der Waals surface area contributed by atoms with Crippen molar-refractivity contribution in [2.24, 2.45) is 11.1 Å². The monoisotopic (exact) mass is 500 g/mol. The Morgan fingerprint density at radius 2 is 2.00 bits per heavy atom. The van der Waals surface area contributed by atoms with Gasteiger partial charge in [0.25, 0.3) is 0 Å². The normalized spacial score (nSPS) is 20.6. The lowest BCUT2D eigenvalue weighted by Crippen LogP contribution is -2.28. The van der Waals surface area contributed by atoms with Gasteiger partial charge in [0.15, 0.2) is 0 Å². The molecule has 35 heavy (non-hydrogen) atoms. The molecule has 2 heterocycles. The molecule has 1 fully saturated rings. The number of aliphatic hydroxyl groups is 1. The number of ketones is 1. The molecule has 0 amide bonds. The molecule has 4 rings (SSSR count). The van der Waals surface area contributed by atoms with Gasteiger partial charge in [-0.3, -0.25) is 13.7 Å². The topological polar surface area (TPSA) is 162 Å². The number of hydrogen-bond acceptors (Lipinski definition) is 9. The van der Waals surface area contributed by atoms with E-state index in [0.29, 0.717) is 18.7 Å². The van der Waals surface area contributed by atoms with Crippen molar-refractivity contribution >= 4 is 21.9 Å². The Morgan fingerprint density at radius 1 is 1.26 bits per heavy atom. The van der Waals surface area contributed by atoms with Gasteiger partial charge < -0.3 is 10.4 Å². The predicted octanol–water partition coefficient (Wildman–Crippen LogP) is 1.46. The summed E-state index contributed by atoms with van der Waals surface area (Å²) in [6, 6.07) is 11.3. The first kappa shape index (κ1) is 24.9. The molecule has 0 bridgehead atoms.